The van der Waals surface area contributed by atoms with Gasteiger partial charge in [0.1, 0.15) is 5.82 Å². The molecule has 4 heteroatoms. The summed E-state index contributed by atoms with van der Waals surface area (Å²) in [4.78, 5) is 2.29. The van der Waals surface area contributed by atoms with Gasteiger partial charge in [-0.15, -0.1) is 0 Å². The lowest BCUT2D eigenvalue weighted by atomic mass is 10.0. The lowest BCUT2D eigenvalue weighted by molar-refractivity contribution is 0.220. The average molecular weight is 252 g/mol. The number of hydrogen-bond acceptors (Lipinski definition) is 3. The van der Waals surface area contributed by atoms with E-state index in [9.17, 15) is 4.39 Å². The molecule has 2 unspecified atom stereocenters. The van der Waals surface area contributed by atoms with Gasteiger partial charge in [0.25, 0.3) is 0 Å². The second kappa shape index (κ2) is 6.27. The minimum Gasteiger partial charge on any atom is -0.396 e. The Morgan fingerprint density at radius 3 is 2.89 bits per heavy atom. The van der Waals surface area contributed by atoms with Crippen molar-refractivity contribution >= 4 is 0 Å². The molecule has 1 aromatic rings. The molecule has 1 fully saturated rings. The normalized spacial score (nSPS) is 22.3. The van der Waals surface area contributed by atoms with Gasteiger partial charge in [-0.25, -0.2) is 4.39 Å². The van der Waals surface area contributed by atoms with Gasteiger partial charge in [0.05, 0.1) is 0 Å². The van der Waals surface area contributed by atoms with Crippen LogP contribution in [-0.2, 0) is 0 Å². The van der Waals surface area contributed by atoms with Gasteiger partial charge in [0, 0.05) is 24.8 Å². The fourth-order valence-corrected chi connectivity index (χ4v) is 2.52. The third kappa shape index (κ3) is 3.28. The van der Waals surface area contributed by atoms with Crippen LogP contribution in [0, 0.1) is 11.7 Å². The molecular weight excluding hydrogens is 231 g/mol. The van der Waals surface area contributed by atoms with E-state index in [1.807, 2.05) is 6.07 Å². The van der Waals surface area contributed by atoms with E-state index in [4.69, 9.17) is 10.8 Å². The van der Waals surface area contributed by atoms with Gasteiger partial charge in [-0.05, 0) is 37.9 Å². The van der Waals surface area contributed by atoms with E-state index in [0.29, 0.717) is 11.5 Å². The first kappa shape index (κ1) is 13.5. The molecule has 3 nitrogen and oxygen atoms in total. The zero-order valence-corrected chi connectivity index (χ0v) is 10.6. The van der Waals surface area contributed by atoms with Crippen molar-refractivity contribution in [1.82, 2.24) is 4.90 Å². The Morgan fingerprint density at radius 1 is 1.44 bits per heavy atom. The molecule has 18 heavy (non-hydrogen) atoms. The van der Waals surface area contributed by atoms with Crippen LogP contribution in [0.25, 0.3) is 0 Å². The molecule has 100 valence electrons. The summed E-state index contributed by atoms with van der Waals surface area (Å²) in [7, 11) is 0. The molecule has 1 aliphatic heterocycles. The maximum absolute atomic E-state index is 13.5. The van der Waals surface area contributed by atoms with Crippen LogP contribution in [0.15, 0.2) is 24.3 Å². The van der Waals surface area contributed by atoms with Crippen LogP contribution < -0.4 is 5.73 Å². The minimum atomic E-state index is -0.251. The van der Waals surface area contributed by atoms with E-state index >= 15 is 0 Å². The fourth-order valence-electron chi connectivity index (χ4n) is 2.52. The van der Waals surface area contributed by atoms with Crippen LogP contribution >= 0.6 is 0 Å². The molecule has 1 aromatic carbocycles. The summed E-state index contributed by atoms with van der Waals surface area (Å²) in [6, 6.07) is 6.44. The number of benzene rings is 1. The SMILES string of the molecule is NC(CCN1CCC(CO)C1)c1ccccc1F. The van der Waals surface area contributed by atoms with E-state index in [2.05, 4.69) is 4.90 Å². The summed E-state index contributed by atoms with van der Waals surface area (Å²) < 4.78 is 13.5. The lowest BCUT2D eigenvalue weighted by Crippen LogP contribution is -2.26. The van der Waals surface area contributed by atoms with Crippen molar-refractivity contribution in [2.75, 3.05) is 26.2 Å². The summed E-state index contributed by atoms with van der Waals surface area (Å²) in [5, 5.41) is 9.07. The van der Waals surface area contributed by atoms with Crippen molar-refractivity contribution in [2.24, 2.45) is 11.7 Å². The number of halogens is 1. The average Bonchev–Trinajstić information content (AvgIpc) is 2.84. The minimum absolute atomic E-state index is 0.223. The van der Waals surface area contributed by atoms with Crippen molar-refractivity contribution in [3.05, 3.63) is 35.6 Å². The molecule has 0 radical (unpaired) electrons. The number of hydrogen-bond donors (Lipinski definition) is 2. The quantitative estimate of drug-likeness (QED) is 0.835. The largest absolute Gasteiger partial charge is 0.396 e. The van der Waals surface area contributed by atoms with Gasteiger partial charge in [0.2, 0.25) is 0 Å². The monoisotopic (exact) mass is 252 g/mol. The Bertz CT molecular complexity index is 386. The maximum Gasteiger partial charge on any atom is 0.127 e. The number of nitrogens with zero attached hydrogens (tertiary/aromatic N) is 1. The highest BCUT2D eigenvalue weighted by Crippen LogP contribution is 2.20. The summed E-state index contributed by atoms with van der Waals surface area (Å²) in [6.45, 7) is 3.07. The number of nitrogens with two attached hydrogens (primary N) is 1. The lowest BCUT2D eigenvalue weighted by Gasteiger charge is -2.19. The molecule has 1 heterocycles. The van der Waals surface area contributed by atoms with Gasteiger partial charge in [-0.2, -0.15) is 0 Å². The molecule has 0 amide bonds. The van der Waals surface area contributed by atoms with E-state index in [0.717, 1.165) is 32.5 Å². The first-order valence-corrected chi connectivity index (χ1v) is 6.54. The summed E-state index contributed by atoms with van der Waals surface area (Å²) in [5.41, 5.74) is 6.62. The molecule has 3 N–H and O–H groups in total. The van der Waals surface area contributed by atoms with Crippen LogP contribution in [-0.4, -0.2) is 36.2 Å². The van der Waals surface area contributed by atoms with E-state index in [-0.39, 0.29) is 18.5 Å². The van der Waals surface area contributed by atoms with Gasteiger partial charge < -0.3 is 15.7 Å². The molecule has 1 saturated heterocycles. The Balaban J connectivity index is 1.82. The Hall–Kier alpha value is -0.970. The number of aliphatic hydroxyl groups is 1. The first-order valence-electron chi connectivity index (χ1n) is 6.54. The van der Waals surface area contributed by atoms with Crippen molar-refractivity contribution in [2.45, 2.75) is 18.9 Å². The standard InChI is InChI=1S/C14H21FN2O/c15-13-4-2-1-3-12(13)14(16)6-8-17-7-5-11(9-17)10-18/h1-4,11,14,18H,5-10,16H2. The molecule has 1 aliphatic rings. The second-order valence-corrected chi connectivity index (χ2v) is 5.05. The van der Waals surface area contributed by atoms with Crippen molar-refractivity contribution in [3.8, 4) is 0 Å². The van der Waals surface area contributed by atoms with Crippen molar-refractivity contribution in [1.29, 1.82) is 0 Å². The zero-order chi connectivity index (χ0) is 13.0. The van der Waals surface area contributed by atoms with Gasteiger partial charge in [-0.3, -0.25) is 0 Å². The molecular formula is C14H21FN2O. The predicted octanol–water partition coefficient (Wildman–Crippen LogP) is 1.53. The molecule has 2 rings (SSSR count). The molecule has 0 bridgehead atoms. The third-order valence-corrected chi connectivity index (χ3v) is 3.69. The highest BCUT2D eigenvalue weighted by molar-refractivity contribution is 5.20. The molecule has 0 saturated carbocycles. The smallest absolute Gasteiger partial charge is 0.127 e. The van der Waals surface area contributed by atoms with E-state index < -0.39 is 0 Å². The maximum atomic E-state index is 13.5. The number of rotatable bonds is 5. The Kier molecular flexibility index (Phi) is 4.69. The first-order chi connectivity index (χ1) is 8.70. The third-order valence-electron chi connectivity index (χ3n) is 3.69. The van der Waals surface area contributed by atoms with E-state index in [1.165, 1.54) is 6.07 Å². The van der Waals surface area contributed by atoms with Crippen LogP contribution in [0.2, 0.25) is 0 Å². The van der Waals surface area contributed by atoms with Crippen LogP contribution in [0.3, 0.4) is 0 Å². The second-order valence-electron chi connectivity index (χ2n) is 5.05. The highest BCUT2D eigenvalue weighted by atomic mass is 19.1. The topological polar surface area (TPSA) is 49.5 Å². The summed E-state index contributed by atoms with van der Waals surface area (Å²) >= 11 is 0. The van der Waals surface area contributed by atoms with Gasteiger partial charge >= 0.3 is 0 Å². The van der Waals surface area contributed by atoms with Crippen LogP contribution in [0.5, 0.6) is 0 Å². The fraction of sp³-hybridized carbons (Fsp3) is 0.571. The van der Waals surface area contributed by atoms with Crippen LogP contribution in [0.4, 0.5) is 4.39 Å². The van der Waals surface area contributed by atoms with Crippen molar-refractivity contribution < 1.29 is 9.50 Å². The highest BCUT2D eigenvalue weighted by Gasteiger charge is 2.22. The molecule has 2 atom stereocenters. The number of likely N-dealkylation sites (tertiary alicyclic amines) is 1. The van der Waals surface area contributed by atoms with E-state index in [1.54, 1.807) is 12.1 Å². The molecule has 0 aliphatic carbocycles. The zero-order valence-electron chi connectivity index (χ0n) is 10.6. The Labute approximate surface area is 107 Å². The van der Waals surface area contributed by atoms with Gasteiger partial charge in [0.15, 0.2) is 0 Å². The Morgan fingerprint density at radius 2 is 2.22 bits per heavy atom. The summed E-state index contributed by atoms with van der Waals surface area (Å²) in [5.74, 6) is 0.175. The number of aliphatic hydroxyl groups excluding tert-OH is 1. The van der Waals surface area contributed by atoms with Crippen molar-refractivity contribution in [3.63, 3.8) is 0 Å². The van der Waals surface area contributed by atoms with Crippen LogP contribution in [0.1, 0.15) is 24.4 Å². The molecule has 0 spiro atoms. The van der Waals surface area contributed by atoms with Gasteiger partial charge in [-0.1, -0.05) is 18.2 Å². The summed E-state index contributed by atoms with van der Waals surface area (Å²) in [6.07, 6.45) is 1.80. The molecule has 0 aromatic heterocycles. The predicted molar refractivity (Wildman–Crippen MR) is 69.6 cm³/mol.